The molecule has 0 saturated carbocycles. The predicted octanol–water partition coefficient (Wildman–Crippen LogP) is 4.20. The van der Waals surface area contributed by atoms with E-state index in [9.17, 15) is 0 Å². The molecule has 0 radical (unpaired) electrons. The summed E-state index contributed by atoms with van der Waals surface area (Å²) in [5, 5.41) is 0.768. The monoisotopic (exact) mass is 322 g/mol. The van der Waals surface area contributed by atoms with Gasteiger partial charge in [-0.1, -0.05) is 39.7 Å². The molecule has 4 heteroatoms. The summed E-state index contributed by atoms with van der Waals surface area (Å²) in [6, 6.07) is 12.0. The molecule has 2 N–H and O–H groups in total. The first-order valence-electron chi connectivity index (χ1n) is 5.71. The highest BCUT2D eigenvalue weighted by Gasteiger charge is 2.22. The van der Waals surface area contributed by atoms with Crippen LogP contribution in [0.1, 0.15) is 11.1 Å². The quantitative estimate of drug-likeness (QED) is 0.797. The van der Waals surface area contributed by atoms with Crippen LogP contribution in [0.5, 0.6) is 0 Å². The topological polar surface area (TPSA) is 29.3 Å². The van der Waals surface area contributed by atoms with Crippen molar-refractivity contribution >= 4 is 38.9 Å². The summed E-state index contributed by atoms with van der Waals surface area (Å²) in [7, 11) is 0. The summed E-state index contributed by atoms with van der Waals surface area (Å²) in [4.78, 5) is 2.24. The van der Waals surface area contributed by atoms with E-state index in [1.54, 1.807) is 0 Å². The Kier molecular flexibility index (Phi) is 2.96. The van der Waals surface area contributed by atoms with E-state index in [0.29, 0.717) is 0 Å². The SMILES string of the molecule is Nc1cccc2c1CN(c1cc(Br)ccc1Cl)C2. The van der Waals surface area contributed by atoms with Crippen LogP contribution in [0, 0.1) is 0 Å². The average molecular weight is 324 g/mol. The zero-order valence-electron chi connectivity index (χ0n) is 9.66. The van der Waals surface area contributed by atoms with Crippen LogP contribution >= 0.6 is 27.5 Å². The third-order valence-corrected chi connectivity index (χ3v) is 4.08. The van der Waals surface area contributed by atoms with Crippen molar-refractivity contribution in [1.82, 2.24) is 0 Å². The van der Waals surface area contributed by atoms with Crippen LogP contribution in [0.2, 0.25) is 5.02 Å². The Bertz CT molecular complexity index is 613. The van der Waals surface area contributed by atoms with Crippen LogP contribution in [0.15, 0.2) is 40.9 Å². The van der Waals surface area contributed by atoms with Gasteiger partial charge in [-0.15, -0.1) is 0 Å². The van der Waals surface area contributed by atoms with Crippen molar-refractivity contribution in [2.24, 2.45) is 0 Å². The number of nitrogens with two attached hydrogens (primary N) is 1. The van der Waals surface area contributed by atoms with Crippen LogP contribution in [-0.2, 0) is 13.1 Å². The summed E-state index contributed by atoms with van der Waals surface area (Å²) >= 11 is 9.75. The summed E-state index contributed by atoms with van der Waals surface area (Å²) in [6.07, 6.45) is 0. The van der Waals surface area contributed by atoms with Crippen molar-refractivity contribution in [3.8, 4) is 0 Å². The minimum absolute atomic E-state index is 0.768. The second-order valence-corrected chi connectivity index (χ2v) is 5.76. The van der Waals surface area contributed by atoms with Crippen LogP contribution in [0.3, 0.4) is 0 Å². The number of nitrogen functional groups attached to an aromatic ring is 1. The molecule has 3 rings (SSSR count). The number of hydrogen-bond acceptors (Lipinski definition) is 2. The first-order valence-corrected chi connectivity index (χ1v) is 6.88. The number of hydrogen-bond donors (Lipinski definition) is 1. The molecule has 0 amide bonds. The molecular weight excluding hydrogens is 312 g/mol. The van der Waals surface area contributed by atoms with Gasteiger partial charge in [0.2, 0.25) is 0 Å². The Labute approximate surface area is 119 Å². The van der Waals surface area contributed by atoms with E-state index in [4.69, 9.17) is 17.3 Å². The van der Waals surface area contributed by atoms with Crippen molar-refractivity contribution in [1.29, 1.82) is 0 Å². The van der Waals surface area contributed by atoms with E-state index in [-0.39, 0.29) is 0 Å². The van der Waals surface area contributed by atoms with Gasteiger partial charge in [-0.25, -0.2) is 0 Å². The molecule has 0 aliphatic carbocycles. The Hall–Kier alpha value is -1.19. The van der Waals surface area contributed by atoms with E-state index < -0.39 is 0 Å². The van der Waals surface area contributed by atoms with Crippen molar-refractivity contribution in [2.45, 2.75) is 13.1 Å². The fourth-order valence-corrected chi connectivity index (χ4v) is 2.93. The van der Waals surface area contributed by atoms with Gasteiger partial charge < -0.3 is 10.6 Å². The van der Waals surface area contributed by atoms with Crippen molar-refractivity contribution in [2.75, 3.05) is 10.6 Å². The molecule has 0 unspecified atom stereocenters. The molecule has 2 nitrogen and oxygen atoms in total. The third kappa shape index (κ3) is 1.98. The van der Waals surface area contributed by atoms with Gasteiger partial charge in [0, 0.05) is 23.2 Å². The number of nitrogens with zero attached hydrogens (tertiary/aromatic N) is 1. The minimum Gasteiger partial charge on any atom is -0.398 e. The molecule has 2 aromatic rings. The van der Waals surface area contributed by atoms with Gasteiger partial charge in [-0.2, -0.15) is 0 Å². The number of anilines is 2. The smallest absolute Gasteiger partial charge is 0.0640 e. The van der Waals surface area contributed by atoms with Crippen molar-refractivity contribution in [3.05, 3.63) is 57.0 Å². The highest BCUT2D eigenvalue weighted by atomic mass is 79.9. The maximum absolute atomic E-state index is 6.27. The zero-order chi connectivity index (χ0) is 12.7. The minimum atomic E-state index is 0.768. The molecule has 0 atom stereocenters. The predicted molar refractivity (Wildman–Crippen MR) is 79.9 cm³/mol. The molecule has 1 aliphatic heterocycles. The molecule has 0 fully saturated rings. The van der Waals surface area contributed by atoms with E-state index in [1.807, 2.05) is 30.3 Å². The molecule has 0 aromatic heterocycles. The average Bonchev–Trinajstić information content (AvgIpc) is 2.77. The summed E-state index contributed by atoms with van der Waals surface area (Å²) in [5.74, 6) is 0. The number of fused-ring (bicyclic) bond motifs is 1. The van der Waals surface area contributed by atoms with Gasteiger partial charge in [0.05, 0.1) is 10.7 Å². The van der Waals surface area contributed by atoms with Crippen LogP contribution in [-0.4, -0.2) is 0 Å². The van der Waals surface area contributed by atoms with E-state index in [2.05, 4.69) is 26.9 Å². The Balaban J connectivity index is 1.99. The van der Waals surface area contributed by atoms with Gasteiger partial charge in [0.1, 0.15) is 0 Å². The highest BCUT2D eigenvalue weighted by molar-refractivity contribution is 9.10. The van der Waals surface area contributed by atoms with Crippen LogP contribution in [0.25, 0.3) is 0 Å². The lowest BCUT2D eigenvalue weighted by Gasteiger charge is -2.19. The molecule has 2 aromatic carbocycles. The van der Waals surface area contributed by atoms with Gasteiger partial charge >= 0.3 is 0 Å². The van der Waals surface area contributed by atoms with Gasteiger partial charge in [0.25, 0.3) is 0 Å². The number of rotatable bonds is 1. The lowest BCUT2D eigenvalue weighted by molar-refractivity contribution is 0.881. The fraction of sp³-hybridized carbons (Fsp3) is 0.143. The standard InChI is InChI=1S/C14H12BrClN2/c15-10-4-5-12(16)14(6-10)18-7-9-2-1-3-13(17)11(9)8-18/h1-6H,7-8,17H2. The molecule has 18 heavy (non-hydrogen) atoms. The first-order chi connectivity index (χ1) is 8.65. The normalized spacial score (nSPS) is 13.8. The second kappa shape index (κ2) is 4.48. The summed E-state index contributed by atoms with van der Waals surface area (Å²) < 4.78 is 1.03. The third-order valence-electron chi connectivity index (χ3n) is 3.27. The Morgan fingerprint density at radius 1 is 1.17 bits per heavy atom. The second-order valence-electron chi connectivity index (χ2n) is 4.44. The maximum atomic E-state index is 6.27. The molecule has 1 heterocycles. The fourth-order valence-electron chi connectivity index (χ4n) is 2.35. The van der Waals surface area contributed by atoms with Crippen LogP contribution < -0.4 is 10.6 Å². The number of benzene rings is 2. The van der Waals surface area contributed by atoms with Gasteiger partial charge in [-0.3, -0.25) is 0 Å². The molecule has 92 valence electrons. The van der Waals surface area contributed by atoms with E-state index in [1.165, 1.54) is 11.1 Å². The van der Waals surface area contributed by atoms with E-state index in [0.717, 1.165) is 34.0 Å². The largest absolute Gasteiger partial charge is 0.398 e. The summed E-state index contributed by atoms with van der Waals surface area (Å²) in [5.41, 5.74) is 10.4. The number of halogens is 2. The molecule has 0 saturated heterocycles. The molecular formula is C14H12BrClN2. The lowest BCUT2D eigenvalue weighted by atomic mass is 10.1. The maximum Gasteiger partial charge on any atom is 0.0640 e. The Morgan fingerprint density at radius 3 is 2.78 bits per heavy atom. The van der Waals surface area contributed by atoms with Crippen molar-refractivity contribution < 1.29 is 0 Å². The van der Waals surface area contributed by atoms with Crippen molar-refractivity contribution in [3.63, 3.8) is 0 Å². The molecule has 0 bridgehead atoms. The molecule has 0 spiro atoms. The first kappa shape index (κ1) is 11.9. The Morgan fingerprint density at radius 2 is 2.00 bits per heavy atom. The highest BCUT2D eigenvalue weighted by Crippen LogP contribution is 2.36. The van der Waals surface area contributed by atoms with Crippen LogP contribution in [0.4, 0.5) is 11.4 Å². The zero-order valence-corrected chi connectivity index (χ0v) is 12.0. The van der Waals surface area contributed by atoms with E-state index >= 15 is 0 Å². The summed E-state index contributed by atoms with van der Waals surface area (Å²) in [6.45, 7) is 1.68. The van der Waals surface area contributed by atoms with Gasteiger partial charge in [-0.05, 0) is 35.4 Å². The van der Waals surface area contributed by atoms with Gasteiger partial charge in [0.15, 0.2) is 0 Å². The molecule has 1 aliphatic rings. The lowest BCUT2D eigenvalue weighted by Crippen LogP contribution is -2.15.